The average molecular weight is 344 g/mol. The van der Waals surface area contributed by atoms with Gasteiger partial charge in [0, 0.05) is 24.8 Å². The number of nitrogens with zero attached hydrogens (tertiary/aromatic N) is 2. The van der Waals surface area contributed by atoms with E-state index < -0.39 is 12.7 Å². The lowest BCUT2D eigenvalue weighted by Gasteiger charge is -2.33. The second-order valence-electron chi connectivity index (χ2n) is 6.39. The second kappa shape index (κ2) is 7.83. The van der Waals surface area contributed by atoms with E-state index in [1.165, 1.54) is 11.1 Å². The van der Waals surface area contributed by atoms with Gasteiger partial charge in [-0.05, 0) is 45.4 Å². The predicted molar refractivity (Wildman–Crippen MR) is 86.0 cm³/mol. The Bertz CT molecular complexity index is 545. The summed E-state index contributed by atoms with van der Waals surface area (Å²) in [7, 11) is 0. The Hall–Kier alpha value is -1.83. The topological polar surface area (TPSA) is 57.3 Å². The third-order valence-corrected chi connectivity index (χ3v) is 3.71. The van der Waals surface area contributed by atoms with Crippen LogP contribution in [0.15, 0.2) is 18.3 Å². The van der Waals surface area contributed by atoms with Crippen LogP contribution in [-0.2, 0) is 0 Å². The molecule has 1 aliphatic rings. The molecule has 0 aliphatic carbocycles. The van der Waals surface area contributed by atoms with Gasteiger partial charge in [0.1, 0.15) is 5.82 Å². The van der Waals surface area contributed by atoms with Crippen molar-refractivity contribution in [1.29, 1.82) is 0 Å². The van der Waals surface area contributed by atoms with E-state index in [2.05, 4.69) is 15.6 Å². The molecule has 2 rings (SSSR count). The molecule has 1 fully saturated rings. The van der Waals surface area contributed by atoms with Crippen LogP contribution < -0.4 is 10.6 Å². The van der Waals surface area contributed by atoms with E-state index in [4.69, 9.17) is 0 Å². The van der Waals surface area contributed by atoms with E-state index in [0.29, 0.717) is 30.8 Å². The highest BCUT2D eigenvalue weighted by molar-refractivity contribution is 5.94. The lowest BCUT2D eigenvalue weighted by molar-refractivity contribution is -0.148. The highest BCUT2D eigenvalue weighted by atomic mass is 19.4. The van der Waals surface area contributed by atoms with E-state index in [1.54, 1.807) is 12.1 Å². The number of rotatable bonds is 5. The largest absolute Gasteiger partial charge is 0.401 e. The lowest BCUT2D eigenvalue weighted by atomic mass is 10.1. The number of carbonyl (C=O) groups is 1. The summed E-state index contributed by atoms with van der Waals surface area (Å²) in [5.74, 6) is 0.369. The van der Waals surface area contributed by atoms with Gasteiger partial charge in [-0.1, -0.05) is 0 Å². The number of piperidine rings is 1. The molecule has 1 aromatic rings. The van der Waals surface area contributed by atoms with E-state index in [-0.39, 0.29) is 24.5 Å². The molecule has 1 amide bonds. The molecule has 1 atom stereocenters. The van der Waals surface area contributed by atoms with Gasteiger partial charge in [-0.2, -0.15) is 13.2 Å². The van der Waals surface area contributed by atoms with Gasteiger partial charge < -0.3 is 10.6 Å². The van der Waals surface area contributed by atoms with Crippen LogP contribution in [-0.4, -0.2) is 53.7 Å². The molecule has 1 unspecified atom stereocenters. The Morgan fingerprint density at radius 3 is 2.75 bits per heavy atom. The molecule has 134 valence electrons. The van der Waals surface area contributed by atoms with E-state index in [1.807, 2.05) is 13.8 Å². The van der Waals surface area contributed by atoms with E-state index in [0.717, 1.165) is 0 Å². The van der Waals surface area contributed by atoms with Crippen LogP contribution in [0.3, 0.4) is 0 Å². The summed E-state index contributed by atoms with van der Waals surface area (Å²) < 4.78 is 37.4. The average Bonchev–Trinajstić information content (AvgIpc) is 2.45. The molecule has 8 heteroatoms. The Morgan fingerprint density at radius 2 is 2.17 bits per heavy atom. The fraction of sp³-hybridized carbons (Fsp3) is 0.625. The maximum absolute atomic E-state index is 12.5. The van der Waals surface area contributed by atoms with Gasteiger partial charge in [0.25, 0.3) is 5.91 Å². The normalized spacial score (nSPS) is 19.3. The highest BCUT2D eigenvalue weighted by Gasteiger charge is 2.33. The number of pyridine rings is 1. The number of nitrogens with one attached hydrogen (secondary N) is 2. The minimum absolute atomic E-state index is 0.214. The first-order valence-corrected chi connectivity index (χ1v) is 8.05. The summed E-state index contributed by atoms with van der Waals surface area (Å²) in [4.78, 5) is 17.7. The van der Waals surface area contributed by atoms with Crippen molar-refractivity contribution < 1.29 is 18.0 Å². The zero-order chi connectivity index (χ0) is 17.7. The molecule has 2 heterocycles. The molecule has 1 aromatic heterocycles. The maximum Gasteiger partial charge on any atom is 0.401 e. The molecular weight excluding hydrogens is 321 g/mol. The van der Waals surface area contributed by atoms with Crippen LogP contribution >= 0.6 is 0 Å². The summed E-state index contributed by atoms with van der Waals surface area (Å²) in [5.41, 5.74) is 0.400. The van der Waals surface area contributed by atoms with Gasteiger partial charge in [0.2, 0.25) is 0 Å². The number of halogens is 3. The van der Waals surface area contributed by atoms with Crippen LogP contribution in [0, 0.1) is 0 Å². The molecule has 0 saturated carbocycles. The van der Waals surface area contributed by atoms with Crippen molar-refractivity contribution in [2.24, 2.45) is 0 Å². The SMILES string of the molecule is CC(C)Nc1ccc(C(=O)NC2CCCN(CC(F)(F)F)C2)cn1. The van der Waals surface area contributed by atoms with Crippen LogP contribution in [0.1, 0.15) is 37.0 Å². The second-order valence-corrected chi connectivity index (χ2v) is 6.39. The monoisotopic (exact) mass is 344 g/mol. The van der Waals surface area contributed by atoms with Crippen molar-refractivity contribution in [2.75, 3.05) is 25.0 Å². The van der Waals surface area contributed by atoms with Gasteiger partial charge >= 0.3 is 6.18 Å². The van der Waals surface area contributed by atoms with Crippen LogP contribution in [0.2, 0.25) is 0 Å². The number of likely N-dealkylation sites (tertiary alicyclic amines) is 1. The van der Waals surface area contributed by atoms with Crippen molar-refractivity contribution >= 4 is 11.7 Å². The Morgan fingerprint density at radius 1 is 1.42 bits per heavy atom. The van der Waals surface area contributed by atoms with Crippen molar-refractivity contribution in [3.63, 3.8) is 0 Å². The summed E-state index contributed by atoms with van der Waals surface area (Å²) in [5, 5.41) is 5.93. The number of amides is 1. The first-order chi connectivity index (χ1) is 11.2. The molecule has 0 aromatic carbocycles. The van der Waals surface area contributed by atoms with Crippen LogP contribution in [0.5, 0.6) is 0 Å². The van der Waals surface area contributed by atoms with Crippen molar-refractivity contribution in [1.82, 2.24) is 15.2 Å². The van der Waals surface area contributed by atoms with Crippen LogP contribution in [0.25, 0.3) is 0 Å². The molecular formula is C16H23F3N4O. The number of aromatic nitrogens is 1. The fourth-order valence-corrected chi connectivity index (χ4v) is 2.75. The van der Waals surface area contributed by atoms with Gasteiger partial charge in [-0.25, -0.2) is 4.98 Å². The standard InChI is InChI=1S/C16H23F3N4O/c1-11(2)21-14-6-5-12(8-20-14)15(24)22-13-4-3-7-23(9-13)10-16(17,18)19/h5-6,8,11,13H,3-4,7,9-10H2,1-2H3,(H,20,21)(H,22,24). The minimum atomic E-state index is -4.21. The highest BCUT2D eigenvalue weighted by Crippen LogP contribution is 2.20. The summed E-state index contributed by atoms with van der Waals surface area (Å²) >= 11 is 0. The maximum atomic E-state index is 12.5. The molecule has 1 aliphatic heterocycles. The Kier molecular flexibility index (Phi) is 6.04. The number of anilines is 1. The van der Waals surface area contributed by atoms with Gasteiger partial charge in [0.05, 0.1) is 12.1 Å². The zero-order valence-corrected chi connectivity index (χ0v) is 13.9. The Balaban J connectivity index is 1.89. The van der Waals surface area contributed by atoms with Crippen LogP contribution in [0.4, 0.5) is 19.0 Å². The van der Waals surface area contributed by atoms with Gasteiger partial charge in [0.15, 0.2) is 0 Å². The lowest BCUT2D eigenvalue weighted by Crippen LogP contribution is -2.50. The molecule has 2 N–H and O–H groups in total. The first-order valence-electron chi connectivity index (χ1n) is 8.05. The molecule has 0 bridgehead atoms. The Labute approximate surface area is 139 Å². The van der Waals surface area contributed by atoms with Gasteiger partial charge in [-0.15, -0.1) is 0 Å². The zero-order valence-electron chi connectivity index (χ0n) is 13.9. The molecule has 1 saturated heterocycles. The predicted octanol–water partition coefficient (Wildman–Crippen LogP) is 2.66. The van der Waals surface area contributed by atoms with Gasteiger partial charge in [-0.3, -0.25) is 9.69 Å². The number of alkyl halides is 3. The first kappa shape index (κ1) is 18.5. The number of hydrogen-bond donors (Lipinski definition) is 2. The summed E-state index contributed by atoms with van der Waals surface area (Å²) in [6.07, 6.45) is -1.43. The van der Waals surface area contributed by atoms with E-state index in [9.17, 15) is 18.0 Å². The summed E-state index contributed by atoms with van der Waals surface area (Å²) in [6.45, 7) is 3.65. The van der Waals surface area contributed by atoms with E-state index >= 15 is 0 Å². The fourth-order valence-electron chi connectivity index (χ4n) is 2.75. The van der Waals surface area contributed by atoms with Crippen molar-refractivity contribution in [2.45, 2.75) is 44.9 Å². The smallest absolute Gasteiger partial charge is 0.368 e. The van der Waals surface area contributed by atoms with Crippen molar-refractivity contribution in [3.8, 4) is 0 Å². The summed E-state index contributed by atoms with van der Waals surface area (Å²) in [6, 6.07) is 3.33. The third-order valence-electron chi connectivity index (χ3n) is 3.71. The molecule has 24 heavy (non-hydrogen) atoms. The van der Waals surface area contributed by atoms with Crippen molar-refractivity contribution in [3.05, 3.63) is 23.9 Å². The third kappa shape index (κ3) is 5.99. The minimum Gasteiger partial charge on any atom is -0.368 e. The molecule has 0 radical (unpaired) electrons. The quantitative estimate of drug-likeness (QED) is 0.862. The molecule has 0 spiro atoms. The number of carbonyl (C=O) groups excluding carboxylic acids is 1. The number of hydrogen-bond acceptors (Lipinski definition) is 4. The molecule has 5 nitrogen and oxygen atoms in total.